The van der Waals surface area contributed by atoms with Crippen molar-refractivity contribution in [2.24, 2.45) is 0 Å². The van der Waals surface area contributed by atoms with Crippen LogP contribution in [0.4, 0.5) is 15.1 Å². The normalized spacial score (nSPS) is 15.8. The van der Waals surface area contributed by atoms with Crippen molar-refractivity contribution in [2.75, 3.05) is 4.90 Å². The number of Topliss-reactive ketones (excluding diaryl/α,β-unsaturated/α-hetero) is 2. The third-order valence-corrected chi connectivity index (χ3v) is 9.68. The van der Waals surface area contributed by atoms with E-state index in [0.717, 1.165) is 9.27 Å². The topological polar surface area (TPSA) is 37.4 Å². The molecule has 4 heteroatoms. The summed E-state index contributed by atoms with van der Waals surface area (Å²) in [6.07, 6.45) is 1.87. The third-order valence-electron chi connectivity index (χ3n) is 6.63. The Hall–Kier alpha value is -3.19. The van der Waals surface area contributed by atoms with Crippen LogP contribution in [0.3, 0.4) is 0 Å². The Bertz CT molecular complexity index is 1440. The number of benzene rings is 3. The van der Waals surface area contributed by atoms with Crippen LogP contribution in [0.1, 0.15) is 49.3 Å². The fourth-order valence-corrected chi connectivity index (χ4v) is 8.61. The summed E-state index contributed by atoms with van der Waals surface area (Å²) in [5.41, 5.74) is 6.10. The quantitative estimate of drug-likeness (QED) is 0.169. The maximum atomic E-state index is 13.0. The monoisotopic (exact) mass is 545 g/mol. The second-order valence-electron chi connectivity index (χ2n) is 8.94. The van der Waals surface area contributed by atoms with Crippen LogP contribution in [0.2, 0.25) is 0 Å². The zero-order chi connectivity index (χ0) is 22.7. The Kier molecular flexibility index (Phi) is 4.59. The number of carbonyl (C=O) groups excluding carboxylic acids is 2. The molecule has 1 aliphatic heterocycles. The minimum absolute atomic E-state index is 0.156. The van der Waals surface area contributed by atoms with Crippen molar-refractivity contribution in [3.05, 3.63) is 116 Å². The van der Waals surface area contributed by atoms with Crippen molar-refractivity contribution >= 4 is 53.2 Å². The molecule has 3 nitrogen and oxygen atoms in total. The van der Waals surface area contributed by atoms with E-state index in [2.05, 4.69) is 73.3 Å². The van der Waals surface area contributed by atoms with E-state index in [1.165, 1.54) is 20.5 Å². The summed E-state index contributed by atoms with van der Waals surface area (Å²) in [4.78, 5) is 28.3. The van der Waals surface area contributed by atoms with E-state index in [-0.39, 0.29) is 17.0 Å². The molecule has 0 unspecified atom stereocenters. The summed E-state index contributed by atoms with van der Waals surface area (Å²) in [6, 6.07) is 28.4. The van der Waals surface area contributed by atoms with Crippen LogP contribution in [0.15, 0.2) is 90.5 Å². The molecule has 33 heavy (non-hydrogen) atoms. The van der Waals surface area contributed by atoms with Crippen LogP contribution in [-0.2, 0) is 5.41 Å². The van der Waals surface area contributed by atoms with Gasteiger partial charge < -0.3 is 0 Å². The zero-order valence-corrected chi connectivity index (χ0v) is 20.7. The molecule has 0 saturated heterocycles. The Morgan fingerprint density at radius 2 is 1.36 bits per heavy atom. The van der Waals surface area contributed by atoms with Gasteiger partial charge >= 0.3 is 203 Å². The molecule has 160 valence electrons. The molecular weight excluding hydrogens is 522 g/mol. The molecule has 0 amide bonds. The summed E-state index contributed by atoms with van der Waals surface area (Å²) in [6.45, 7) is 4.54. The zero-order valence-electron chi connectivity index (χ0n) is 18.3. The fraction of sp³-hybridized carbons (Fsp3) is 0.103. The predicted octanol–water partition coefficient (Wildman–Crippen LogP) is 6.32. The number of para-hydroxylation sites is 2. The molecule has 2 aliphatic rings. The second kappa shape index (κ2) is 7.42. The fourth-order valence-electron chi connectivity index (χ4n) is 4.92. The van der Waals surface area contributed by atoms with Crippen molar-refractivity contribution in [3.63, 3.8) is 0 Å². The molecule has 2 heterocycles. The molecule has 0 bridgehead atoms. The van der Waals surface area contributed by atoms with Gasteiger partial charge in [-0.1, -0.05) is 0 Å². The van der Waals surface area contributed by atoms with Gasteiger partial charge in [-0.05, 0) is 0 Å². The van der Waals surface area contributed by atoms with Gasteiger partial charge in [0, 0.05) is 0 Å². The summed E-state index contributed by atoms with van der Waals surface area (Å²) in [5, 5.41) is 0. The number of nitrogens with zero attached hydrogens (tertiary/aromatic N) is 1. The minimum atomic E-state index is -0.813. The van der Waals surface area contributed by atoms with Crippen LogP contribution < -0.4 is 4.90 Å². The number of allylic oxidation sites excluding steroid dienone is 1. The molecular formula is C29H21NO2Te. The summed E-state index contributed by atoms with van der Waals surface area (Å²) >= 11 is -0.813. The number of carbonyl (C=O) groups is 2. The van der Waals surface area contributed by atoms with Gasteiger partial charge in [-0.2, -0.15) is 0 Å². The Balaban J connectivity index is 1.53. The molecule has 1 aromatic heterocycles. The SMILES string of the molecule is CC1(C)c2ccccc2N(c2ccccc2)c2[te]c(C=C3C(=O)c4ccccc4C3=O)cc21. The number of hydrogen-bond acceptors (Lipinski definition) is 3. The van der Waals surface area contributed by atoms with E-state index in [1.807, 2.05) is 24.3 Å². The molecule has 0 atom stereocenters. The van der Waals surface area contributed by atoms with E-state index >= 15 is 0 Å². The Labute approximate surface area is 202 Å². The molecule has 0 spiro atoms. The molecule has 1 aliphatic carbocycles. The van der Waals surface area contributed by atoms with E-state index in [0.29, 0.717) is 16.7 Å². The molecule has 0 saturated carbocycles. The van der Waals surface area contributed by atoms with Gasteiger partial charge in [0.1, 0.15) is 0 Å². The molecule has 0 radical (unpaired) electrons. The van der Waals surface area contributed by atoms with Gasteiger partial charge in [0.15, 0.2) is 0 Å². The first-order valence-corrected chi connectivity index (χ1v) is 13.3. The standard InChI is InChI=1S/C29H21NO2Te/c1-29(2)23-14-8-9-15-25(23)30(18-10-4-3-5-11-18)28-24(29)17-19(33-28)16-22-26(31)20-12-6-7-13-21(20)27(22)32/h3-17H,1-2H3. The van der Waals surface area contributed by atoms with Crippen molar-refractivity contribution in [2.45, 2.75) is 19.3 Å². The summed E-state index contributed by atoms with van der Waals surface area (Å²) in [5.74, 6) is -0.312. The average Bonchev–Trinajstić information content (AvgIpc) is 3.36. The van der Waals surface area contributed by atoms with Gasteiger partial charge in [-0.15, -0.1) is 0 Å². The number of hydrogen-bond donors (Lipinski definition) is 0. The predicted molar refractivity (Wildman–Crippen MR) is 133 cm³/mol. The number of ketones is 2. The molecule has 3 aromatic carbocycles. The maximum absolute atomic E-state index is 13.0. The van der Waals surface area contributed by atoms with Gasteiger partial charge in [0.05, 0.1) is 0 Å². The van der Waals surface area contributed by atoms with Gasteiger partial charge in [0.2, 0.25) is 0 Å². The van der Waals surface area contributed by atoms with Crippen molar-refractivity contribution in [1.29, 1.82) is 0 Å². The first-order chi connectivity index (χ1) is 16.0. The molecule has 6 rings (SSSR count). The number of rotatable bonds is 2. The molecule has 0 N–H and O–H groups in total. The van der Waals surface area contributed by atoms with Gasteiger partial charge in [-0.3, -0.25) is 0 Å². The van der Waals surface area contributed by atoms with E-state index in [4.69, 9.17) is 0 Å². The average molecular weight is 543 g/mol. The Morgan fingerprint density at radius 1 is 0.758 bits per heavy atom. The van der Waals surface area contributed by atoms with E-state index in [1.54, 1.807) is 12.1 Å². The molecule has 0 fully saturated rings. The Morgan fingerprint density at radius 3 is 2.06 bits per heavy atom. The second-order valence-corrected chi connectivity index (χ2v) is 12.0. The van der Waals surface area contributed by atoms with Crippen LogP contribution >= 0.6 is 0 Å². The third kappa shape index (κ3) is 3.02. The summed E-state index contributed by atoms with van der Waals surface area (Å²) < 4.78 is 2.45. The summed E-state index contributed by atoms with van der Waals surface area (Å²) in [7, 11) is 0. The number of anilines is 3. The van der Waals surface area contributed by atoms with Crippen LogP contribution in [0.25, 0.3) is 6.08 Å². The van der Waals surface area contributed by atoms with Crippen molar-refractivity contribution in [3.8, 4) is 0 Å². The van der Waals surface area contributed by atoms with E-state index in [9.17, 15) is 9.59 Å². The van der Waals surface area contributed by atoms with Gasteiger partial charge in [0.25, 0.3) is 0 Å². The first-order valence-electron chi connectivity index (χ1n) is 11.0. The van der Waals surface area contributed by atoms with E-state index < -0.39 is 20.4 Å². The van der Waals surface area contributed by atoms with Crippen molar-refractivity contribution < 1.29 is 9.59 Å². The van der Waals surface area contributed by atoms with Crippen molar-refractivity contribution in [1.82, 2.24) is 0 Å². The molecule has 4 aromatic rings. The van der Waals surface area contributed by atoms with Gasteiger partial charge in [-0.25, -0.2) is 0 Å². The number of fused-ring (bicyclic) bond motifs is 3. The first kappa shape index (κ1) is 20.4. The van der Waals surface area contributed by atoms with Crippen LogP contribution in [0, 0.1) is 0 Å². The van der Waals surface area contributed by atoms with Crippen LogP contribution in [-0.4, -0.2) is 32.0 Å². The van der Waals surface area contributed by atoms with Crippen LogP contribution in [0.5, 0.6) is 0 Å².